The van der Waals surface area contributed by atoms with Crippen LogP contribution in [0.25, 0.3) is 0 Å². The molecule has 42 nitrogen and oxygen atoms in total. The molecule has 0 aliphatic heterocycles. The van der Waals surface area contributed by atoms with Crippen LogP contribution < -0.4 is 11.3 Å². The molecular weight excluding hydrogens is 1900 g/mol. The molecule has 0 N–H and O–H groups in total. The van der Waals surface area contributed by atoms with Gasteiger partial charge >= 0.3 is 360 Å². The average Bonchev–Trinajstić information content (AvgIpc) is 2.65. The summed E-state index contributed by atoms with van der Waals surface area (Å²) in [6, 6.07) is 0. The summed E-state index contributed by atoms with van der Waals surface area (Å²) in [5, 5.41) is 0. The zero-order valence-electron chi connectivity index (χ0n) is 23.0. The molecule has 56 heavy (non-hydrogen) atoms. The van der Waals surface area contributed by atoms with Crippen LogP contribution in [0.3, 0.4) is 0 Å². The quantitative estimate of drug-likeness (QED) is 0.0640. The van der Waals surface area contributed by atoms with E-state index in [0.29, 0.717) is 0 Å². The van der Waals surface area contributed by atoms with E-state index in [1.54, 1.807) is 0 Å². The van der Waals surface area contributed by atoms with Gasteiger partial charge in [-0.15, -0.1) is 0 Å². The van der Waals surface area contributed by atoms with E-state index >= 15 is 0 Å². The third-order valence-electron chi connectivity index (χ3n) is 2.05. The van der Waals surface area contributed by atoms with Gasteiger partial charge in [-0.1, -0.05) is 0 Å². The zero-order chi connectivity index (χ0) is 45.7. The van der Waals surface area contributed by atoms with Crippen molar-refractivity contribution in [2.75, 3.05) is 0 Å². The SMILES string of the molecule is O=P([O][Mo](=[O])(=[O])[O][Mo](=[O])(=[O])[O][Mo](=[O])(=[O])[O][Mo](=[O])(=[O])[O-])([O][Mo](=[O])(=[O])[O][Mo](=[O])(=[O])[O][Mo](=[O])(=[O])[O][Mo](=[O])(=[O])[O-])[O][Mo](=[O])(=[O])[O][Mo](=[O])(=[O])[O][Mo](=[O])(=[O])[O][Mo](=[O])(=[O])[O-].[O]=[Ti]=[O]. The Hall–Kier alpha value is 3.40. The van der Waals surface area contributed by atoms with E-state index in [9.17, 15) is 97.4 Å². The Morgan fingerprint density at radius 1 is 0.286 bits per heavy atom. The number of phosphoric acid groups is 1. The van der Waals surface area contributed by atoms with E-state index in [0.717, 1.165) is 0 Å². The molecule has 56 heteroatoms. The Morgan fingerprint density at radius 3 is 0.554 bits per heavy atom. The molecule has 0 unspecified atom stereocenters. The molecule has 0 fully saturated rings. The van der Waals surface area contributed by atoms with Crippen LogP contribution >= 0.6 is 7.82 Å². The van der Waals surface area contributed by atoms with E-state index in [-0.39, 0.29) is 0 Å². The third-order valence-corrected chi connectivity index (χ3v) is 62.2. The van der Waals surface area contributed by atoms with Crippen LogP contribution in [0.2, 0.25) is 0 Å². The molecule has 0 spiro atoms. The van der Waals surface area contributed by atoms with Gasteiger partial charge in [-0.3, -0.25) is 0 Å². The summed E-state index contributed by atoms with van der Waals surface area (Å²) in [4.78, 5) is 0. The zero-order valence-corrected chi connectivity index (χ0v) is 49.5. The first kappa shape index (κ1) is 61.5. The van der Waals surface area contributed by atoms with Gasteiger partial charge < -0.3 is 0 Å². The second kappa shape index (κ2) is 21.6. The predicted molar refractivity (Wildman–Crippen MR) is 38.5 cm³/mol. The van der Waals surface area contributed by atoms with Crippen LogP contribution in [0, 0.1) is 0 Å². The molecule has 0 aromatic rings. The van der Waals surface area contributed by atoms with E-state index in [1.165, 1.54) is 0 Å². The second-order valence-electron chi connectivity index (χ2n) is 6.27. The van der Waals surface area contributed by atoms with Gasteiger partial charge in [0, 0.05) is 0 Å². The number of rotatable bonds is 24. The summed E-state index contributed by atoms with van der Waals surface area (Å²) in [5.74, 6) is 0. The maximum atomic E-state index is 12.7. The Kier molecular flexibility index (Phi) is 23.7. The van der Waals surface area contributed by atoms with Gasteiger partial charge in [0.15, 0.2) is 0 Å². The van der Waals surface area contributed by atoms with E-state index in [4.69, 9.17) is 6.65 Å². The molecule has 0 heterocycles. The summed E-state index contributed by atoms with van der Waals surface area (Å²) in [5.41, 5.74) is 0. The summed E-state index contributed by atoms with van der Waals surface area (Å²) in [6.45, 7) is 0. The number of hydrogen-bond donors (Lipinski definition) is 0. The summed E-state index contributed by atoms with van der Waals surface area (Å²) < 4.78 is 368. The average molecular weight is 1900 g/mol. The molecule has 0 radical (unpaired) electrons. The van der Waals surface area contributed by atoms with E-state index in [1.807, 2.05) is 0 Å². The number of hydrogen-bond acceptors (Lipinski definition) is 42. The van der Waals surface area contributed by atoms with Crippen molar-refractivity contribution < 1.29 is 352 Å². The van der Waals surface area contributed by atoms with Gasteiger partial charge in [0.25, 0.3) is 0 Å². The standard InChI is InChI=1S/12Mo.H3O4P.38O.Ti/c;;;;;;;;;;;;1-5(2,3)4;;;;;;;;;;;;;;;;;;;;;;;;;;;;;;;;;;;;;;;/h;;;;;;;;;;;;(H3,1,2,3,4);;;;;;;;;;;;;;;;;;;;;;;;;;;;;;;;;;;;;;;/q;;;;;;;;;3*+1;;;;;;;;;;;;;;;;;;;;;;;;;;;;;;;;;;;;;3*-1;/p-3. The Balaban J connectivity index is 0. The molecule has 0 bridgehead atoms. The predicted octanol–water partition coefficient (Wildman–Crippen LogP) is -6.77. The molecule has 0 rings (SSSR count). The van der Waals surface area contributed by atoms with Gasteiger partial charge in [-0.25, -0.2) is 0 Å². The molecule has 0 amide bonds. The molecule has 0 aliphatic carbocycles. The van der Waals surface area contributed by atoms with Gasteiger partial charge in [0.1, 0.15) is 0 Å². The van der Waals surface area contributed by atoms with Crippen molar-refractivity contribution in [2.45, 2.75) is 0 Å². The molecule has 336 valence electrons. The second-order valence-corrected chi connectivity index (χ2v) is 56.1. The van der Waals surface area contributed by atoms with Crippen LogP contribution in [0.4, 0.5) is 0 Å². The van der Waals surface area contributed by atoms with Crippen molar-refractivity contribution in [1.29, 1.82) is 0 Å². The molecule has 0 aliphatic rings. The fraction of sp³-hybridized carbons (Fsp3) is 0. The fourth-order valence-corrected chi connectivity index (χ4v) is 60.0. The van der Waals surface area contributed by atoms with Crippen molar-refractivity contribution in [2.24, 2.45) is 0 Å². The molecule has 0 aromatic carbocycles. The first-order valence-electron chi connectivity index (χ1n) is 9.14. The Morgan fingerprint density at radius 2 is 0.411 bits per heavy atom. The van der Waals surface area contributed by atoms with Crippen molar-refractivity contribution in [3.8, 4) is 0 Å². The normalized spacial score (nSPS) is 14.9. The van der Waals surface area contributed by atoms with E-state index in [2.05, 4.69) is 27.9 Å². The van der Waals surface area contributed by atoms with Crippen LogP contribution in [-0.4, -0.2) is 0 Å². The van der Waals surface area contributed by atoms with Crippen molar-refractivity contribution in [3.05, 3.63) is 0 Å². The topological polar surface area (TPSA) is 641 Å². The van der Waals surface area contributed by atoms with Crippen molar-refractivity contribution in [3.63, 3.8) is 0 Å². The minimum atomic E-state index is -8.82. The van der Waals surface area contributed by atoms with Gasteiger partial charge in [0.2, 0.25) is 0 Å². The first-order valence-corrected chi connectivity index (χ1v) is 51.2. The Bertz CT molecular complexity index is 2610. The van der Waals surface area contributed by atoms with E-state index < -0.39 is 228 Å². The molecule has 0 saturated heterocycles. The van der Waals surface area contributed by atoms with Crippen LogP contribution in [0.1, 0.15) is 0 Å². The Labute approximate surface area is 352 Å². The molecule has 0 saturated carbocycles. The van der Waals surface area contributed by atoms with Crippen molar-refractivity contribution >= 4 is 7.82 Å². The summed E-state index contributed by atoms with van der Waals surface area (Å²) in [7, 11) is -7.94. The van der Waals surface area contributed by atoms with Crippen molar-refractivity contribution in [1.82, 2.24) is 0 Å². The first-order chi connectivity index (χ1) is 23.9. The van der Waals surface area contributed by atoms with Crippen LogP contribution in [0.15, 0.2) is 0 Å². The molecule has 0 atom stereocenters. The maximum absolute atomic E-state index is 12.7. The summed E-state index contributed by atoms with van der Waals surface area (Å²) >= 11 is -101. The molecule has 0 aromatic heterocycles. The van der Waals surface area contributed by atoms with Gasteiger partial charge in [0.05, 0.1) is 0 Å². The third kappa shape index (κ3) is 32.1. The summed E-state index contributed by atoms with van der Waals surface area (Å²) in [6.07, 6.45) is 0. The van der Waals surface area contributed by atoms with Gasteiger partial charge in [-0.2, -0.15) is 0 Å². The fourth-order valence-electron chi connectivity index (χ4n) is 1.40. The van der Waals surface area contributed by atoms with Crippen LogP contribution in [-0.2, 0) is 341 Å². The molecular formula is Mo12O42PTi-3. The van der Waals surface area contributed by atoms with Gasteiger partial charge in [-0.05, 0) is 0 Å². The minimum absolute atomic E-state index is 2.00. The monoisotopic (exact) mass is 1930 g/mol. The van der Waals surface area contributed by atoms with Crippen LogP contribution in [0.5, 0.6) is 0 Å².